The summed E-state index contributed by atoms with van der Waals surface area (Å²) in [6.07, 6.45) is 1.77. The van der Waals surface area contributed by atoms with Crippen molar-refractivity contribution in [2.45, 2.75) is 31.3 Å². The van der Waals surface area contributed by atoms with Crippen molar-refractivity contribution >= 4 is 17.3 Å². The van der Waals surface area contributed by atoms with Crippen molar-refractivity contribution in [2.24, 2.45) is 0 Å². The Labute approximate surface area is 127 Å². The second-order valence-electron chi connectivity index (χ2n) is 5.27. The van der Waals surface area contributed by atoms with Gasteiger partial charge < -0.3 is 15.5 Å². The second-order valence-corrected chi connectivity index (χ2v) is 6.25. The van der Waals surface area contributed by atoms with Gasteiger partial charge in [-0.05, 0) is 41.5 Å². The maximum absolute atomic E-state index is 11.1. The summed E-state index contributed by atoms with van der Waals surface area (Å²) in [7, 11) is 0. The van der Waals surface area contributed by atoms with Gasteiger partial charge >= 0.3 is 5.97 Å². The Morgan fingerprint density at radius 3 is 2.95 bits per heavy atom. The van der Waals surface area contributed by atoms with Crippen LogP contribution in [-0.2, 0) is 11.2 Å². The highest BCUT2D eigenvalue weighted by Gasteiger charge is 2.28. The number of aliphatic carboxylic acids is 1. The lowest BCUT2D eigenvalue weighted by Gasteiger charge is -2.21. The number of fused-ring (bicyclic) bond motifs is 1. The standard InChI is InChI=1S/C16H17NO3S/c18-14-4-1-3-10-11(14)6-7-12(10)17-13(9-16(19)20)15-5-2-8-21-15/h1-5,8,12-13,17-18H,6-7,9H2,(H,19,20). The molecular weight excluding hydrogens is 286 g/mol. The highest BCUT2D eigenvalue weighted by Crippen LogP contribution is 2.38. The minimum atomic E-state index is -0.810. The molecule has 3 rings (SSSR count). The minimum Gasteiger partial charge on any atom is -0.508 e. The van der Waals surface area contributed by atoms with E-state index in [9.17, 15) is 9.90 Å². The predicted molar refractivity (Wildman–Crippen MR) is 81.6 cm³/mol. The first kappa shape index (κ1) is 14.1. The lowest BCUT2D eigenvalue weighted by atomic mass is 10.1. The highest BCUT2D eigenvalue weighted by molar-refractivity contribution is 7.10. The Morgan fingerprint density at radius 1 is 1.38 bits per heavy atom. The van der Waals surface area contributed by atoms with E-state index >= 15 is 0 Å². The Hall–Kier alpha value is -1.85. The van der Waals surface area contributed by atoms with Crippen LogP contribution in [0.5, 0.6) is 5.75 Å². The van der Waals surface area contributed by atoms with E-state index in [1.54, 1.807) is 17.4 Å². The molecule has 4 nitrogen and oxygen atoms in total. The summed E-state index contributed by atoms with van der Waals surface area (Å²) in [4.78, 5) is 12.1. The average Bonchev–Trinajstić information content (AvgIpc) is 3.08. The fourth-order valence-corrected chi connectivity index (χ4v) is 3.74. The third kappa shape index (κ3) is 2.94. The van der Waals surface area contributed by atoms with Gasteiger partial charge in [-0.1, -0.05) is 18.2 Å². The maximum Gasteiger partial charge on any atom is 0.305 e. The number of carbonyl (C=O) groups is 1. The zero-order chi connectivity index (χ0) is 14.8. The van der Waals surface area contributed by atoms with Gasteiger partial charge in [0.2, 0.25) is 0 Å². The Balaban J connectivity index is 1.82. The Morgan fingerprint density at radius 2 is 2.24 bits per heavy atom. The molecular formula is C16H17NO3S. The number of benzene rings is 1. The molecule has 2 aromatic rings. The summed E-state index contributed by atoms with van der Waals surface area (Å²) < 4.78 is 0. The number of thiophene rings is 1. The van der Waals surface area contributed by atoms with Gasteiger partial charge in [-0.2, -0.15) is 0 Å². The normalized spacial score (nSPS) is 18.4. The van der Waals surface area contributed by atoms with Crippen LogP contribution in [0, 0.1) is 0 Å². The van der Waals surface area contributed by atoms with Gasteiger partial charge in [0.05, 0.1) is 12.5 Å². The van der Waals surface area contributed by atoms with Crippen LogP contribution in [0.4, 0.5) is 0 Å². The molecule has 0 bridgehead atoms. The van der Waals surface area contributed by atoms with Gasteiger partial charge in [-0.15, -0.1) is 11.3 Å². The monoisotopic (exact) mass is 303 g/mol. The Kier molecular flexibility index (Phi) is 3.94. The number of rotatable bonds is 5. The van der Waals surface area contributed by atoms with Crippen LogP contribution in [0.25, 0.3) is 0 Å². The number of hydrogen-bond donors (Lipinski definition) is 3. The lowest BCUT2D eigenvalue weighted by molar-refractivity contribution is -0.137. The van der Waals surface area contributed by atoms with Crippen molar-refractivity contribution in [2.75, 3.05) is 0 Å². The summed E-state index contributed by atoms with van der Waals surface area (Å²) in [5.74, 6) is -0.474. The van der Waals surface area contributed by atoms with Crippen molar-refractivity contribution in [1.29, 1.82) is 0 Å². The molecule has 21 heavy (non-hydrogen) atoms. The molecule has 0 fully saturated rings. The molecule has 1 aromatic heterocycles. The largest absolute Gasteiger partial charge is 0.508 e. The topological polar surface area (TPSA) is 69.6 Å². The fraction of sp³-hybridized carbons (Fsp3) is 0.312. The van der Waals surface area contributed by atoms with Crippen LogP contribution in [-0.4, -0.2) is 16.2 Å². The number of carboxylic acids is 1. The van der Waals surface area contributed by atoms with Crippen molar-refractivity contribution in [3.05, 3.63) is 51.7 Å². The van der Waals surface area contributed by atoms with Crippen LogP contribution in [0.15, 0.2) is 35.7 Å². The summed E-state index contributed by atoms with van der Waals surface area (Å²) in [6.45, 7) is 0. The summed E-state index contributed by atoms with van der Waals surface area (Å²) in [6, 6.07) is 9.35. The molecule has 0 amide bonds. The fourth-order valence-electron chi connectivity index (χ4n) is 2.96. The second kappa shape index (κ2) is 5.87. The van der Waals surface area contributed by atoms with Gasteiger partial charge in [0, 0.05) is 10.9 Å². The number of nitrogens with one attached hydrogen (secondary N) is 1. The highest BCUT2D eigenvalue weighted by atomic mass is 32.1. The molecule has 1 aromatic carbocycles. The first-order valence-corrected chi connectivity index (χ1v) is 7.85. The van der Waals surface area contributed by atoms with Crippen LogP contribution >= 0.6 is 11.3 Å². The molecule has 0 radical (unpaired) electrons. The first-order chi connectivity index (χ1) is 10.1. The number of phenolic OH excluding ortho intramolecular Hbond substituents is 1. The van der Waals surface area contributed by atoms with Gasteiger partial charge in [-0.25, -0.2) is 0 Å². The first-order valence-electron chi connectivity index (χ1n) is 6.97. The van der Waals surface area contributed by atoms with Crippen LogP contribution in [0.1, 0.15) is 40.9 Å². The SMILES string of the molecule is O=C(O)CC(NC1CCc2c(O)cccc21)c1cccs1. The molecule has 2 atom stereocenters. The third-order valence-corrected chi connectivity index (χ3v) is 4.90. The van der Waals surface area contributed by atoms with E-state index in [0.29, 0.717) is 5.75 Å². The van der Waals surface area contributed by atoms with E-state index in [1.165, 1.54) is 0 Å². The molecule has 0 aliphatic heterocycles. The minimum absolute atomic E-state index is 0.0607. The van der Waals surface area contributed by atoms with Crippen molar-refractivity contribution in [3.8, 4) is 5.75 Å². The van der Waals surface area contributed by atoms with Crippen LogP contribution in [0.3, 0.4) is 0 Å². The number of aromatic hydroxyl groups is 1. The molecule has 2 unspecified atom stereocenters. The van der Waals surface area contributed by atoms with E-state index in [1.807, 2.05) is 29.6 Å². The average molecular weight is 303 g/mol. The van der Waals surface area contributed by atoms with E-state index in [0.717, 1.165) is 28.8 Å². The summed E-state index contributed by atoms with van der Waals surface area (Å²) >= 11 is 1.57. The van der Waals surface area contributed by atoms with E-state index in [4.69, 9.17) is 5.11 Å². The van der Waals surface area contributed by atoms with Gasteiger partial charge in [-0.3, -0.25) is 4.79 Å². The number of hydrogen-bond acceptors (Lipinski definition) is 4. The van der Waals surface area contributed by atoms with Crippen molar-refractivity contribution in [1.82, 2.24) is 5.32 Å². The van der Waals surface area contributed by atoms with E-state index in [-0.39, 0.29) is 18.5 Å². The van der Waals surface area contributed by atoms with E-state index in [2.05, 4.69) is 5.32 Å². The molecule has 1 aliphatic rings. The molecule has 0 spiro atoms. The zero-order valence-electron chi connectivity index (χ0n) is 11.5. The summed E-state index contributed by atoms with van der Waals surface area (Å²) in [5, 5.41) is 24.4. The van der Waals surface area contributed by atoms with Crippen LogP contribution < -0.4 is 5.32 Å². The molecule has 3 N–H and O–H groups in total. The van der Waals surface area contributed by atoms with E-state index < -0.39 is 5.97 Å². The molecule has 110 valence electrons. The molecule has 0 saturated carbocycles. The zero-order valence-corrected chi connectivity index (χ0v) is 12.3. The molecule has 1 heterocycles. The van der Waals surface area contributed by atoms with Gasteiger partial charge in [0.25, 0.3) is 0 Å². The number of phenols is 1. The quantitative estimate of drug-likeness (QED) is 0.793. The van der Waals surface area contributed by atoms with Gasteiger partial charge in [0.1, 0.15) is 5.75 Å². The smallest absolute Gasteiger partial charge is 0.305 e. The lowest BCUT2D eigenvalue weighted by Crippen LogP contribution is -2.26. The Bertz CT molecular complexity index is 639. The van der Waals surface area contributed by atoms with Crippen LogP contribution in [0.2, 0.25) is 0 Å². The maximum atomic E-state index is 11.1. The number of carboxylic acid groups (broad SMARTS) is 1. The summed E-state index contributed by atoms with van der Waals surface area (Å²) in [5.41, 5.74) is 2.07. The van der Waals surface area contributed by atoms with Crippen molar-refractivity contribution < 1.29 is 15.0 Å². The van der Waals surface area contributed by atoms with Gasteiger partial charge in [0.15, 0.2) is 0 Å². The molecule has 1 aliphatic carbocycles. The predicted octanol–water partition coefficient (Wildman–Crippen LogP) is 3.25. The molecule has 5 heteroatoms. The third-order valence-electron chi connectivity index (χ3n) is 3.91. The molecule has 0 saturated heterocycles. The van der Waals surface area contributed by atoms with Crippen molar-refractivity contribution in [3.63, 3.8) is 0 Å².